The third-order valence-electron chi connectivity index (χ3n) is 3.50. The predicted octanol–water partition coefficient (Wildman–Crippen LogP) is 1.37. The number of hydrogen-bond acceptors (Lipinski definition) is 4. The van der Waals surface area contributed by atoms with Crippen molar-refractivity contribution < 1.29 is 18.3 Å². The number of rotatable bonds is 6. The molecule has 1 saturated heterocycles. The lowest BCUT2D eigenvalue weighted by atomic mass is 10.2. The van der Waals surface area contributed by atoms with Gasteiger partial charge < -0.3 is 9.84 Å². The lowest BCUT2D eigenvalue weighted by Gasteiger charge is -2.23. The molecule has 1 aliphatic rings. The van der Waals surface area contributed by atoms with Crippen molar-refractivity contribution in [2.45, 2.75) is 37.4 Å². The van der Waals surface area contributed by atoms with Gasteiger partial charge in [-0.05, 0) is 30.5 Å². The molecule has 1 unspecified atom stereocenters. The summed E-state index contributed by atoms with van der Waals surface area (Å²) in [5, 5.41) is 9.12. The molecule has 1 N–H and O–H groups in total. The summed E-state index contributed by atoms with van der Waals surface area (Å²) in [6, 6.07) is 6.44. The van der Waals surface area contributed by atoms with Gasteiger partial charge in [0.25, 0.3) is 0 Å². The second-order valence-electron chi connectivity index (χ2n) is 4.90. The van der Waals surface area contributed by atoms with Crippen molar-refractivity contribution in [3.63, 3.8) is 0 Å². The number of ether oxygens (including phenoxy) is 1. The van der Waals surface area contributed by atoms with Crippen LogP contribution in [-0.2, 0) is 21.4 Å². The summed E-state index contributed by atoms with van der Waals surface area (Å²) < 4.78 is 32.2. The Labute approximate surface area is 120 Å². The van der Waals surface area contributed by atoms with Crippen LogP contribution in [0.1, 0.15) is 25.3 Å². The summed E-state index contributed by atoms with van der Waals surface area (Å²) in [6.07, 6.45) is 1.89. The Balaban J connectivity index is 2.21. The minimum atomic E-state index is -3.53. The van der Waals surface area contributed by atoms with E-state index in [0.29, 0.717) is 25.3 Å². The van der Waals surface area contributed by atoms with Crippen molar-refractivity contribution in [1.82, 2.24) is 4.31 Å². The van der Waals surface area contributed by atoms with E-state index in [4.69, 9.17) is 9.84 Å². The van der Waals surface area contributed by atoms with E-state index >= 15 is 0 Å². The van der Waals surface area contributed by atoms with E-state index in [1.807, 2.05) is 6.92 Å². The topological polar surface area (TPSA) is 66.8 Å². The van der Waals surface area contributed by atoms with E-state index in [0.717, 1.165) is 12.8 Å². The molecule has 1 heterocycles. The highest BCUT2D eigenvalue weighted by atomic mass is 32.2. The Morgan fingerprint density at radius 1 is 1.45 bits per heavy atom. The van der Waals surface area contributed by atoms with Gasteiger partial charge in [-0.1, -0.05) is 19.1 Å². The van der Waals surface area contributed by atoms with Gasteiger partial charge in [0.15, 0.2) is 0 Å². The standard InChI is InChI=1S/C14H21NO4S/c1-2-15(10-13-6-4-8-19-13)20(17,18)14-7-3-5-12(9-14)11-16/h3,5,7,9,13,16H,2,4,6,8,10-11H2,1H3. The highest BCUT2D eigenvalue weighted by Gasteiger charge is 2.27. The molecule has 0 aliphatic carbocycles. The molecule has 20 heavy (non-hydrogen) atoms. The molecule has 0 saturated carbocycles. The van der Waals surface area contributed by atoms with E-state index in [2.05, 4.69) is 0 Å². The maximum atomic E-state index is 12.6. The summed E-state index contributed by atoms with van der Waals surface area (Å²) in [7, 11) is -3.53. The summed E-state index contributed by atoms with van der Waals surface area (Å²) in [4.78, 5) is 0.226. The Hall–Kier alpha value is -0.950. The van der Waals surface area contributed by atoms with Crippen LogP contribution in [0.25, 0.3) is 0 Å². The fourth-order valence-electron chi connectivity index (χ4n) is 2.37. The molecule has 0 bridgehead atoms. The van der Waals surface area contributed by atoms with Crippen LogP contribution in [-0.4, -0.2) is 43.6 Å². The van der Waals surface area contributed by atoms with Crippen LogP contribution in [0.3, 0.4) is 0 Å². The monoisotopic (exact) mass is 299 g/mol. The molecular formula is C14H21NO4S. The van der Waals surface area contributed by atoms with E-state index < -0.39 is 10.0 Å². The normalized spacial score (nSPS) is 19.6. The van der Waals surface area contributed by atoms with Crippen molar-refractivity contribution in [1.29, 1.82) is 0 Å². The SMILES string of the molecule is CCN(CC1CCCO1)S(=O)(=O)c1cccc(CO)c1. The van der Waals surface area contributed by atoms with Crippen molar-refractivity contribution in [3.8, 4) is 0 Å². The zero-order chi connectivity index (χ0) is 14.6. The van der Waals surface area contributed by atoms with Crippen molar-refractivity contribution in [3.05, 3.63) is 29.8 Å². The number of aliphatic hydroxyl groups is 1. The van der Waals surface area contributed by atoms with Gasteiger partial charge in [-0.2, -0.15) is 4.31 Å². The van der Waals surface area contributed by atoms with Gasteiger partial charge in [-0.3, -0.25) is 0 Å². The zero-order valence-electron chi connectivity index (χ0n) is 11.7. The Bertz CT molecular complexity index is 538. The third-order valence-corrected chi connectivity index (χ3v) is 5.44. The van der Waals surface area contributed by atoms with Gasteiger partial charge in [-0.15, -0.1) is 0 Å². The molecule has 0 aromatic heterocycles. The van der Waals surface area contributed by atoms with Gasteiger partial charge >= 0.3 is 0 Å². The number of sulfonamides is 1. The fraction of sp³-hybridized carbons (Fsp3) is 0.571. The maximum Gasteiger partial charge on any atom is 0.243 e. The summed E-state index contributed by atoms with van der Waals surface area (Å²) in [5.74, 6) is 0. The van der Waals surface area contributed by atoms with Gasteiger partial charge in [-0.25, -0.2) is 8.42 Å². The Morgan fingerprint density at radius 3 is 2.85 bits per heavy atom. The first kappa shape index (κ1) is 15.4. The van der Waals surface area contributed by atoms with Gasteiger partial charge in [0.1, 0.15) is 0 Å². The Kier molecular flexibility index (Phi) is 5.15. The number of aliphatic hydroxyl groups excluding tert-OH is 1. The average molecular weight is 299 g/mol. The van der Waals surface area contributed by atoms with Gasteiger partial charge in [0.05, 0.1) is 17.6 Å². The van der Waals surface area contributed by atoms with Crippen molar-refractivity contribution >= 4 is 10.0 Å². The Morgan fingerprint density at radius 2 is 2.25 bits per heavy atom. The van der Waals surface area contributed by atoms with Crippen LogP contribution in [0, 0.1) is 0 Å². The summed E-state index contributed by atoms with van der Waals surface area (Å²) >= 11 is 0. The van der Waals surface area contributed by atoms with Crippen LogP contribution in [0.4, 0.5) is 0 Å². The highest BCUT2D eigenvalue weighted by Crippen LogP contribution is 2.20. The molecule has 1 aromatic carbocycles. The number of hydrogen-bond donors (Lipinski definition) is 1. The second kappa shape index (κ2) is 6.67. The predicted molar refractivity (Wildman–Crippen MR) is 75.8 cm³/mol. The van der Waals surface area contributed by atoms with Gasteiger partial charge in [0.2, 0.25) is 10.0 Å². The lowest BCUT2D eigenvalue weighted by molar-refractivity contribution is 0.0947. The molecule has 5 nitrogen and oxygen atoms in total. The molecule has 112 valence electrons. The molecule has 0 amide bonds. The second-order valence-corrected chi connectivity index (χ2v) is 6.83. The minimum absolute atomic E-state index is 0.00857. The third kappa shape index (κ3) is 3.38. The molecule has 6 heteroatoms. The van der Waals surface area contributed by atoms with Crippen LogP contribution < -0.4 is 0 Å². The highest BCUT2D eigenvalue weighted by molar-refractivity contribution is 7.89. The molecular weight excluding hydrogens is 278 g/mol. The number of nitrogens with zero attached hydrogens (tertiary/aromatic N) is 1. The number of benzene rings is 1. The van der Waals surface area contributed by atoms with Crippen LogP contribution in [0.2, 0.25) is 0 Å². The smallest absolute Gasteiger partial charge is 0.243 e. The van der Waals surface area contributed by atoms with E-state index in [-0.39, 0.29) is 17.6 Å². The fourth-order valence-corrected chi connectivity index (χ4v) is 3.92. The minimum Gasteiger partial charge on any atom is -0.392 e. The lowest BCUT2D eigenvalue weighted by Crippen LogP contribution is -2.37. The first-order chi connectivity index (χ1) is 9.57. The summed E-state index contributed by atoms with van der Waals surface area (Å²) in [6.45, 7) is 3.17. The molecule has 2 rings (SSSR count). The molecule has 0 radical (unpaired) electrons. The van der Waals surface area contributed by atoms with Crippen LogP contribution >= 0.6 is 0 Å². The molecule has 0 spiro atoms. The van der Waals surface area contributed by atoms with Crippen molar-refractivity contribution in [2.24, 2.45) is 0 Å². The quantitative estimate of drug-likeness (QED) is 0.861. The van der Waals surface area contributed by atoms with Crippen molar-refractivity contribution in [2.75, 3.05) is 19.7 Å². The van der Waals surface area contributed by atoms with E-state index in [9.17, 15) is 8.42 Å². The average Bonchev–Trinajstić information content (AvgIpc) is 2.97. The molecule has 1 aromatic rings. The summed E-state index contributed by atoms with van der Waals surface area (Å²) in [5.41, 5.74) is 0.597. The first-order valence-electron chi connectivity index (χ1n) is 6.89. The maximum absolute atomic E-state index is 12.6. The zero-order valence-corrected chi connectivity index (χ0v) is 12.5. The molecule has 1 aliphatic heterocycles. The van der Waals surface area contributed by atoms with Crippen LogP contribution in [0.15, 0.2) is 29.2 Å². The largest absolute Gasteiger partial charge is 0.392 e. The van der Waals surface area contributed by atoms with E-state index in [1.54, 1.807) is 18.2 Å². The molecule has 1 atom stereocenters. The van der Waals surface area contributed by atoms with Gasteiger partial charge in [0, 0.05) is 19.7 Å². The number of likely N-dealkylation sites (N-methyl/N-ethyl adjacent to an activating group) is 1. The first-order valence-corrected chi connectivity index (χ1v) is 8.33. The molecule has 1 fully saturated rings. The van der Waals surface area contributed by atoms with E-state index in [1.165, 1.54) is 10.4 Å². The van der Waals surface area contributed by atoms with Crippen LogP contribution in [0.5, 0.6) is 0 Å².